The van der Waals surface area contributed by atoms with Crippen molar-refractivity contribution >= 4 is 33.5 Å². The van der Waals surface area contributed by atoms with Crippen LogP contribution in [0.3, 0.4) is 0 Å². The van der Waals surface area contributed by atoms with Crippen molar-refractivity contribution in [2.45, 2.75) is 25.7 Å². The normalized spacial score (nSPS) is 11.7. The third-order valence-electron chi connectivity index (χ3n) is 1.52. The molecule has 1 heterocycles. The van der Waals surface area contributed by atoms with Crippen LogP contribution in [0.1, 0.15) is 20.8 Å². The number of anilines is 1. The molecule has 1 rings (SSSR count). The summed E-state index contributed by atoms with van der Waals surface area (Å²) in [6.07, 6.45) is 1.82. The van der Waals surface area contributed by atoms with Crippen molar-refractivity contribution in [3.8, 4) is 0 Å². The fraction of sp³-hybridized carbons (Fsp3) is 0.500. The number of rotatable bonds is 2. The third-order valence-corrected chi connectivity index (χ3v) is 3.72. The zero-order valence-electron chi connectivity index (χ0n) is 8.67. The maximum Gasteiger partial charge on any atom is 0.137 e. The van der Waals surface area contributed by atoms with Gasteiger partial charge in [0.25, 0.3) is 0 Å². The van der Waals surface area contributed by atoms with Crippen LogP contribution in [0.15, 0.2) is 21.6 Å². The van der Waals surface area contributed by atoms with Crippen LogP contribution in [0, 0.1) is 5.41 Å². The summed E-state index contributed by atoms with van der Waals surface area (Å²) in [6.45, 7) is 6.67. The van der Waals surface area contributed by atoms with Gasteiger partial charge in [-0.05, 0) is 27.4 Å². The Morgan fingerprint density at radius 2 is 2.14 bits per heavy atom. The molecule has 0 amide bonds. The van der Waals surface area contributed by atoms with Crippen molar-refractivity contribution in [3.05, 3.63) is 16.7 Å². The Bertz CT molecular complexity index is 320. The van der Waals surface area contributed by atoms with Crippen LogP contribution in [-0.4, -0.2) is 10.7 Å². The SMILES string of the molecule is CC(C)(C)CSc1cnc(N)c(Br)c1. The van der Waals surface area contributed by atoms with Gasteiger partial charge in [-0.15, -0.1) is 11.8 Å². The molecule has 2 nitrogen and oxygen atoms in total. The summed E-state index contributed by atoms with van der Waals surface area (Å²) < 4.78 is 0.872. The topological polar surface area (TPSA) is 38.9 Å². The number of nitrogens with zero attached hydrogens (tertiary/aromatic N) is 1. The average Bonchev–Trinajstić information content (AvgIpc) is 2.06. The Morgan fingerprint density at radius 1 is 1.50 bits per heavy atom. The molecule has 2 N–H and O–H groups in total. The molecule has 0 aliphatic carbocycles. The summed E-state index contributed by atoms with van der Waals surface area (Å²) in [5.41, 5.74) is 5.94. The third kappa shape index (κ3) is 3.88. The van der Waals surface area contributed by atoms with Crippen molar-refractivity contribution in [1.82, 2.24) is 4.98 Å². The highest BCUT2D eigenvalue weighted by Gasteiger charge is 2.11. The molecule has 0 fully saturated rings. The van der Waals surface area contributed by atoms with Crippen molar-refractivity contribution < 1.29 is 0 Å². The maximum absolute atomic E-state index is 5.60. The van der Waals surface area contributed by atoms with E-state index in [1.807, 2.05) is 12.3 Å². The molecule has 0 aliphatic rings. The molecular weight excluding hydrogens is 260 g/mol. The second-order valence-electron chi connectivity index (χ2n) is 4.39. The number of pyridine rings is 1. The van der Waals surface area contributed by atoms with Crippen LogP contribution < -0.4 is 5.73 Å². The van der Waals surface area contributed by atoms with Crippen molar-refractivity contribution in [1.29, 1.82) is 0 Å². The quantitative estimate of drug-likeness (QED) is 0.839. The number of hydrogen-bond donors (Lipinski definition) is 1. The van der Waals surface area contributed by atoms with E-state index in [1.165, 1.54) is 0 Å². The van der Waals surface area contributed by atoms with Gasteiger partial charge in [0.05, 0.1) is 4.47 Å². The number of hydrogen-bond acceptors (Lipinski definition) is 3. The van der Waals surface area contributed by atoms with Gasteiger partial charge < -0.3 is 5.73 Å². The molecule has 0 radical (unpaired) electrons. The lowest BCUT2D eigenvalue weighted by Crippen LogP contribution is -2.08. The number of nitrogens with two attached hydrogens (primary N) is 1. The zero-order chi connectivity index (χ0) is 10.8. The van der Waals surface area contributed by atoms with E-state index in [1.54, 1.807) is 11.8 Å². The molecule has 0 unspecified atom stereocenters. The van der Waals surface area contributed by atoms with Gasteiger partial charge in [-0.25, -0.2) is 4.98 Å². The Hall–Kier alpha value is -0.220. The summed E-state index contributed by atoms with van der Waals surface area (Å²) in [5, 5.41) is 0. The lowest BCUT2D eigenvalue weighted by Gasteiger charge is -2.17. The molecular formula is C10H15BrN2S. The molecule has 1 aromatic heterocycles. The van der Waals surface area contributed by atoms with Gasteiger partial charge in [0.15, 0.2) is 0 Å². The number of halogens is 1. The summed E-state index contributed by atoms with van der Waals surface area (Å²) in [6, 6.07) is 2.01. The van der Waals surface area contributed by atoms with E-state index in [2.05, 4.69) is 41.7 Å². The second-order valence-corrected chi connectivity index (χ2v) is 6.29. The van der Waals surface area contributed by atoms with E-state index in [0.717, 1.165) is 15.1 Å². The summed E-state index contributed by atoms with van der Waals surface area (Å²) in [5.74, 6) is 1.62. The van der Waals surface area contributed by atoms with Gasteiger partial charge in [0.2, 0.25) is 0 Å². The number of thioether (sulfide) groups is 1. The van der Waals surface area contributed by atoms with Gasteiger partial charge in [0.1, 0.15) is 5.82 Å². The highest BCUT2D eigenvalue weighted by Crippen LogP contribution is 2.29. The molecule has 0 aliphatic heterocycles. The minimum absolute atomic E-state index is 0.332. The molecule has 0 aromatic carbocycles. The van der Waals surface area contributed by atoms with Crippen LogP contribution in [0.4, 0.5) is 5.82 Å². The highest BCUT2D eigenvalue weighted by molar-refractivity contribution is 9.10. The fourth-order valence-electron chi connectivity index (χ4n) is 0.810. The molecule has 0 saturated heterocycles. The van der Waals surface area contributed by atoms with Crippen LogP contribution in [0.25, 0.3) is 0 Å². The van der Waals surface area contributed by atoms with E-state index in [-0.39, 0.29) is 0 Å². The largest absolute Gasteiger partial charge is 0.383 e. The molecule has 4 heteroatoms. The minimum atomic E-state index is 0.332. The van der Waals surface area contributed by atoms with Crippen LogP contribution in [0.2, 0.25) is 0 Å². The molecule has 0 spiro atoms. The summed E-state index contributed by atoms with van der Waals surface area (Å²) in [7, 11) is 0. The van der Waals surface area contributed by atoms with Crippen LogP contribution in [-0.2, 0) is 0 Å². The van der Waals surface area contributed by atoms with Crippen molar-refractivity contribution in [2.75, 3.05) is 11.5 Å². The predicted octanol–water partition coefficient (Wildman–Crippen LogP) is 3.56. The number of nitrogen functional groups attached to an aromatic ring is 1. The van der Waals surface area contributed by atoms with Crippen LogP contribution >= 0.6 is 27.7 Å². The molecule has 0 atom stereocenters. The highest BCUT2D eigenvalue weighted by atomic mass is 79.9. The first-order valence-electron chi connectivity index (χ1n) is 4.42. The van der Waals surface area contributed by atoms with E-state index in [0.29, 0.717) is 11.2 Å². The van der Waals surface area contributed by atoms with E-state index in [9.17, 15) is 0 Å². The van der Waals surface area contributed by atoms with Gasteiger partial charge in [-0.2, -0.15) is 0 Å². The van der Waals surface area contributed by atoms with E-state index in [4.69, 9.17) is 5.73 Å². The first-order valence-corrected chi connectivity index (χ1v) is 6.20. The van der Waals surface area contributed by atoms with Gasteiger partial charge in [-0.1, -0.05) is 20.8 Å². The molecule has 1 aromatic rings. The van der Waals surface area contributed by atoms with E-state index < -0.39 is 0 Å². The standard InChI is InChI=1S/C10H15BrN2S/c1-10(2,3)6-14-7-4-8(11)9(12)13-5-7/h4-5H,6H2,1-3H3,(H2,12,13). The Morgan fingerprint density at radius 3 is 2.64 bits per heavy atom. The zero-order valence-corrected chi connectivity index (χ0v) is 11.1. The second kappa shape index (κ2) is 4.53. The fourth-order valence-corrected chi connectivity index (χ4v) is 2.24. The molecule has 78 valence electrons. The van der Waals surface area contributed by atoms with Gasteiger partial charge in [-0.3, -0.25) is 0 Å². The Kier molecular flexibility index (Phi) is 3.84. The first kappa shape index (κ1) is 11.9. The Labute approximate surface area is 97.8 Å². The summed E-state index contributed by atoms with van der Waals surface area (Å²) >= 11 is 5.17. The minimum Gasteiger partial charge on any atom is -0.383 e. The molecule has 0 saturated carbocycles. The molecule has 0 bridgehead atoms. The molecule has 14 heavy (non-hydrogen) atoms. The monoisotopic (exact) mass is 274 g/mol. The maximum atomic E-state index is 5.60. The van der Waals surface area contributed by atoms with Crippen LogP contribution in [0.5, 0.6) is 0 Å². The smallest absolute Gasteiger partial charge is 0.137 e. The van der Waals surface area contributed by atoms with Crippen molar-refractivity contribution in [3.63, 3.8) is 0 Å². The lowest BCUT2D eigenvalue weighted by atomic mass is 10.0. The first-order chi connectivity index (χ1) is 6.38. The Balaban J connectivity index is 2.65. The number of aromatic nitrogens is 1. The van der Waals surface area contributed by atoms with E-state index >= 15 is 0 Å². The van der Waals surface area contributed by atoms with Gasteiger partial charge in [0, 0.05) is 16.8 Å². The average molecular weight is 275 g/mol. The van der Waals surface area contributed by atoms with Gasteiger partial charge >= 0.3 is 0 Å². The van der Waals surface area contributed by atoms with Crippen molar-refractivity contribution in [2.24, 2.45) is 5.41 Å². The predicted molar refractivity (Wildman–Crippen MR) is 66.5 cm³/mol. The lowest BCUT2D eigenvalue weighted by molar-refractivity contribution is 0.481. The summed E-state index contributed by atoms with van der Waals surface area (Å²) in [4.78, 5) is 5.24.